The standard InChI is InChI=1S/C16H14ClIN2/c1-11-6-7-15-13(10-11)19-16(8-9-17)20(15)14-5-3-2-4-12(14)18/h2-7,10H,8-9H2,1H3. The molecule has 0 atom stereocenters. The summed E-state index contributed by atoms with van der Waals surface area (Å²) in [6, 6.07) is 14.7. The molecule has 0 saturated carbocycles. The van der Waals surface area contributed by atoms with Crippen LogP contribution in [0.15, 0.2) is 42.5 Å². The number of alkyl halides is 1. The quantitative estimate of drug-likeness (QED) is 0.463. The minimum Gasteiger partial charge on any atom is -0.295 e. The highest BCUT2D eigenvalue weighted by molar-refractivity contribution is 14.1. The molecule has 0 aliphatic heterocycles. The van der Waals surface area contributed by atoms with Crippen LogP contribution in [-0.2, 0) is 6.42 Å². The molecule has 1 heterocycles. The molecule has 2 nitrogen and oxygen atoms in total. The summed E-state index contributed by atoms with van der Waals surface area (Å²) in [4.78, 5) is 4.76. The monoisotopic (exact) mass is 396 g/mol. The van der Waals surface area contributed by atoms with E-state index in [1.165, 1.54) is 14.8 Å². The zero-order valence-corrected chi connectivity index (χ0v) is 14.0. The largest absolute Gasteiger partial charge is 0.295 e. The highest BCUT2D eigenvalue weighted by Crippen LogP contribution is 2.26. The van der Waals surface area contributed by atoms with E-state index in [-0.39, 0.29) is 0 Å². The number of benzene rings is 2. The first-order valence-electron chi connectivity index (χ1n) is 6.49. The van der Waals surface area contributed by atoms with Crippen LogP contribution in [0.5, 0.6) is 0 Å². The van der Waals surface area contributed by atoms with Gasteiger partial charge in [0.25, 0.3) is 0 Å². The van der Waals surface area contributed by atoms with Crippen molar-refractivity contribution in [3.05, 3.63) is 57.4 Å². The number of hydrogen-bond acceptors (Lipinski definition) is 1. The van der Waals surface area contributed by atoms with Crippen molar-refractivity contribution >= 4 is 45.2 Å². The molecule has 0 bridgehead atoms. The average Bonchev–Trinajstić information content (AvgIpc) is 2.77. The van der Waals surface area contributed by atoms with E-state index < -0.39 is 0 Å². The van der Waals surface area contributed by atoms with Gasteiger partial charge in [0, 0.05) is 15.9 Å². The Labute approximate surface area is 136 Å². The van der Waals surface area contributed by atoms with Crippen LogP contribution >= 0.6 is 34.2 Å². The summed E-state index contributed by atoms with van der Waals surface area (Å²) >= 11 is 8.30. The van der Waals surface area contributed by atoms with E-state index in [1.807, 2.05) is 0 Å². The molecule has 1 aromatic heterocycles. The van der Waals surface area contributed by atoms with Gasteiger partial charge in [0.2, 0.25) is 0 Å². The molecule has 20 heavy (non-hydrogen) atoms. The summed E-state index contributed by atoms with van der Waals surface area (Å²) < 4.78 is 3.43. The molecule has 2 aromatic carbocycles. The fourth-order valence-electron chi connectivity index (χ4n) is 2.39. The van der Waals surface area contributed by atoms with Gasteiger partial charge in [-0.1, -0.05) is 18.2 Å². The molecule has 102 valence electrons. The lowest BCUT2D eigenvalue weighted by Gasteiger charge is -2.10. The van der Waals surface area contributed by atoms with Crippen molar-refractivity contribution < 1.29 is 0 Å². The zero-order valence-electron chi connectivity index (χ0n) is 11.1. The third-order valence-corrected chi connectivity index (χ3v) is 4.39. The van der Waals surface area contributed by atoms with Gasteiger partial charge in [-0.15, -0.1) is 11.6 Å². The highest BCUT2D eigenvalue weighted by Gasteiger charge is 2.13. The van der Waals surface area contributed by atoms with Crippen molar-refractivity contribution in [2.75, 3.05) is 5.88 Å². The summed E-state index contributed by atoms with van der Waals surface area (Å²) in [5.74, 6) is 1.59. The lowest BCUT2D eigenvalue weighted by atomic mass is 10.2. The molecule has 4 heteroatoms. The minimum atomic E-state index is 0.575. The maximum absolute atomic E-state index is 5.94. The van der Waals surface area contributed by atoms with Gasteiger partial charge < -0.3 is 0 Å². The minimum absolute atomic E-state index is 0.575. The maximum Gasteiger partial charge on any atom is 0.115 e. The van der Waals surface area contributed by atoms with Crippen LogP contribution < -0.4 is 0 Å². The van der Waals surface area contributed by atoms with E-state index in [4.69, 9.17) is 16.6 Å². The first-order valence-corrected chi connectivity index (χ1v) is 8.11. The number of rotatable bonds is 3. The molecule has 0 unspecified atom stereocenters. The van der Waals surface area contributed by atoms with Crippen LogP contribution in [0, 0.1) is 10.5 Å². The van der Waals surface area contributed by atoms with Crippen molar-refractivity contribution in [3.8, 4) is 5.69 Å². The first kappa shape index (κ1) is 13.9. The van der Waals surface area contributed by atoms with Gasteiger partial charge in [0.1, 0.15) is 5.82 Å². The molecular weight excluding hydrogens is 383 g/mol. The van der Waals surface area contributed by atoms with Crippen LogP contribution in [0.2, 0.25) is 0 Å². The average molecular weight is 397 g/mol. The van der Waals surface area contributed by atoms with Gasteiger partial charge in [0.15, 0.2) is 0 Å². The second-order valence-corrected chi connectivity index (χ2v) is 6.29. The Morgan fingerprint density at radius 1 is 1.20 bits per heavy atom. The molecule has 0 radical (unpaired) electrons. The maximum atomic E-state index is 5.94. The van der Waals surface area contributed by atoms with Crippen LogP contribution in [0.1, 0.15) is 11.4 Å². The fraction of sp³-hybridized carbons (Fsp3) is 0.188. The van der Waals surface area contributed by atoms with Crippen molar-refractivity contribution in [2.45, 2.75) is 13.3 Å². The van der Waals surface area contributed by atoms with Crippen LogP contribution in [-0.4, -0.2) is 15.4 Å². The summed E-state index contributed by atoms with van der Waals surface area (Å²) in [5.41, 5.74) is 4.56. The van der Waals surface area contributed by atoms with Gasteiger partial charge in [-0.25, -0.2) is 4.98 Å². The number of para-hydroxylation sites is 1. The lowest BCUT2D eigenvalue weighted by Crippen LogP contribution is -2.03. The molecule has 0 saturated heterocycles. The fourth-order valence-corrected chi connectivity index (χ4v) is 3.19. The summed E-state index contributed by atoms with van der Waals surface area (Å²) in [6.45, 7) is 2.09. The molecule has 0 N–H and O–H groups in total. The van der Waals surface area contributed by atoms with E-state index in [0.717, 1.165) is 23.3 Å². The molecule has 3 rings (SSSR count). The molecule has 0 spiro atoms. The van der Waals surface area contributed by atoms with Crippen molar-refractivity contribution in [2.24, 2.45) is 0 Å². The SMILES string of the molecule is Cc1ccc2c(c1)nc(CCCl)n2-c1ccccc1I. The van der Waals surface area contributed by atoms with Crippen molar-refractivity contribution in [1.29, 1.82) is 0 Å². The Kier molecular flexibility index (Phi) is 3.98. The van der Waals surface area contributed by atoms with Crippen LogP contribution in [0.25, 0.3) is 16.7 Å². The van der Waals surface area contributed by atoms with Gasteiger partial charge in [-0.3, -0.25) is 4.57 Å². The van der Waals surface area contributed by atoms with Crippen LogP contribution in [0.4, 0.5) is 0 Å². The number of fused-ring (bicyclic) bond motifs is 1. The van der Waals surface area contributed by atoms with E-state index >= 15 is 0 Å². The van der Waals surface area contributed by atoms with Gasteiger partial charge in [-0.05, 0) is 59.3 Å². The Morgan fingerprint density at radius 2 is 2.00 bits per heavy atom. The van der Waals surface area contributed by atoms with Crippen molar-refractivity contribution in [1.82, 2.24) is 9.55 Å². The molecule has 0 fully saturated rings. The van der Waals surface area contributed by atoms with Crippen LogP contribution in [0.3, 0.4) is 0 Å². The predicted octanol–water partition coefficient (Wildman–Crippen LogP) is 4.72. The number of imidazole rings is 1. The van der Waals surface area contributed by atoms with E-state index in [9.17, 15) is 0 Å². The number of aryl methyl sites for hydroxylation is 2. The molecule has 3 aromatic rings. The van der Waals surface area contributed by atoms with Gasteiger partial charge in [-0.2, -0.15) is 0 Å². The number of halogens is 2. The van der Waals surface area contributed by atoms with Gasteiger partial charge in [0.05, 0.1) is 16.7 Å². The third-order valence-electron chi connectivity index (χ3n) is 3.29. The van der Waals surface area contributed by atoms with Crippen molar-refractivity contribution in [3.63, 3.8) is 0 Å². The Hall–Kier alpha value is -1.07. The molecule has 0 aliphatic carbocycles. The summed E-state index contributed by atoms with van der Waals surface area (Å²) in [5, 5.41) is 0. The predicted molar refractivity (Wildman–Crippen MR) is 92.9 cm³/mol. The summed E-state index contributed by atoms with van der Waals surface area (Å²) in [6.07, 6.45) is 0.764. The Balaban J connectivity index is 2.32. The topological polar surface area (TPSA) is 17.8 Å². The lowest BCUT2D eigenvalue weighted by molar-refractivity contribution is 0.909. The highest BCUT2D eigenvalue weighted by atomic mass is 127. The number of aromatic nitrogens is 2. The first-order chi connectivity index (χ1) is 9.70. The summed E-state index contributed by atoms with van der Waals surface area (Å²) in [7, 11) is 0. The van der Waals surface area contributed by atoms with E-state index in [2.05, 4.69) is 76.5 Å². The van der Waals surface area contributed by atoms with E-state index in [1.54, 1.807) is 0 Å². The Morgan fingerprint density at radius 3 is 2.75 bits per heavy atom. The third kappa shape index (κ3) is 2.44. The molecule has 0 aliphatic rings. The smallest absolute Gasteiger partial charge is 0.115 e. The van der Waals surface area contributed by atoms with E-state index in [0.29, 0.717) is 5.88 Å². The second-order valence-electron chi connectivity index (χ2n) is 4.75. The second kappa shape index (κ2) is 5.74. The zero-order chi connectivity index (χ0) is 14.1. The number of hydrogen-bond donors (Lipinski definition) is 0. The van der Waals surface area contributed by atoms with Gasteiger partial charge >= 0.3 is 0 Å². The number of nitrogens with zero attached hydrogens (tertiary/aromatic N) is 2. The molecular formula is C16H14ClIN2. The molecule has 0 amide bonds. The normalized spacial score (nSPS) is 11.2. The Bertz CT molecular complexity index is 764.